The molecule has 1 N–H and O–H groups in total. The van der Waals surface area contributed by atoms with E-state index in [1.807, 2.05) is 30.0 Å². The SMILES string of the molecule is C=CCc1ccc(N2CCCC2CO)c2c(=O)c(OCC)c(N3CCOCC3)oc12. The minimum Gasteiger partial charge on any atom is -0.485 e. The predicted octanol–water partition coefficient (Wildman–Crippen LogP) is 2.72. The van der Waals surface area contributed by atoms with Gasteiger partial charge in [0, 0.05) is 19.6 Å². The van der Waals surface area contributed by atoms with Crippen LogP contribution in [0.15, 0.2) is 34.0 Å². The summed E-state index contributed by atoms with van der Waals surface area (Å²) < 4.78 is 17.7. The van der Waals surface area contributed by atoms with E-state index in [1.165, 1.54) is 0 Å². The summed E-state index contributed by atoms with van der Waals surface area (Å²) in [5.74, 6) is 0.726. The molecule has 1 unspecified atom stereocenters. The van der Waals surface area contributed by atoms with Gasteiger partial charge in [0.15, 0.2) is 0 Å². The number of anilines is 2. The third-order valence-electron chi connectivity index (χ3n) is 5.89. The molecule has 7 heteroatoms. The highest BCUT2D eigenvalue weighted by Gasteiger charge is 2.30. The molecule has 2 aromatic rings. The Morgan fingerprint density at radius 1 is 1.30 bits per heavy atom. The number of hydrogen-bond donors (Lipinski definition) is 1. The Balaban J connectivity index is 1.97. The Morgan fingerprint density at radius 3 is 2.80 bits per heavy atom. The number of nitrogens with zero attached hydrogens (tertiary/aromatic N) is 2. The van der Waals surface area contributed by atoms with Gasteiger partial charge in [-0.2, -0.15) is 0 Å². The largest absolute Gasteiger partial charge is 0.485 e. The van der Waals surface area contributed by atoms with Gasteiger partial charge in [-0.3, -0.25) is 4.79 Å². The number of aliphatic hydroxyl groups is 1. The summed E-state index contributed by atoms with van der Waals surface area (Å²) in [7, 11) is 0. The standard InChI is InChI=1S/C23H30N2O5/c1-3-6-16-8-9-18(25-10-5-7-17(25)15-26)19-20(27)22(29-4-2)23(30-21(16)19)24-11-13-28-14-12-24/h3,8-9,17,26H,1,4-7,10-15H2,2H3. The second-order valence-corrected chi connectivity index (χ2v) is 7.71. The fourth-order valence-corrected chi connectivity index (χ4v) is 4.45. The van der Waals surface area contributed by atoms with E-state index in [2.05, 4.69) is 11.5 Å². The van der Waals surface area contributed by atoms with Gasteiger partial charge in [0.25, 0.3) is 0 Å². The van der Waals surface area contributed by atoms with E-state index in [4.69, 9.17) is 13.9 Å². The van der Waals surface area contributed by atoms with Crippen LogP contribution in [0.5, 0.6) is 5.75 Å². The van der Waals surface area contributed by atoms with Crippen LogP contribution in [0.1, 0.15) is 25.3 Å². The molecule has 162 valence electrons. The van der Waals surface area contributed by atoms with Gasteiger partial charge in [-0.15, -0.1) is 6.58 Å². The Kier molecular flexibility index (Phi) is 6.29. The molecule has 0 radical (unpaired) electrons. The van der Waals surface area contributed by atoms with Gasteiger partial charge >= 0.3 is 0 Å². The number of benzene rings is 1. The number of hydrogen-bond acceptors (Lipinski definition) is 7. The second kappa shape index (κ2) is 9.10. The van der Waals surface area contributed by atoms with Gasteiger partial charge in [-0.1, -0.05) is 12.1 Å². The Morgan fingerprint density at radius 2 is 2.10 bits per heavy atom. The van der Waals surface area contributed by atoms with Crippen molar-refractivity contribution >= 4 is 22.5 Å². The zero-order chi connectivity index (χ0) is 21.1. The summed E-state index contributed by atoms with van der Waals surface area (Å²) in [6, 6.07) is 3.97. The molecule has 2 aliphatic heterocycles. The van der Waals surface area contributed by atoms with Crippen molar-refractivity contribution in [3.63, 3.8) is 0 Å². The number of rotatable bonds is 7. The minimum absolute atomic E-state index is 0.00678. The lowest BCUT2D eigenvalue weighted by atomic mass is 10.0. The molecule has 30 heavy (non-hydrogen) atoms. The highest BCUT2D eigenvalue weighted by Crippen LogP contribution is 2.38. The third-order valence-corrected chi connectivity index (χ3v) is 5.89. The normalized spacial score (nSPS) is 19.5. The first-order chi connectivity index (χ1) is 14.7. The van der Waals surface area contributed by atoms with Crippen LogP contribution in [0.4, 0.5) is 11.6 Å². The summed E-state index contributed by atoms with van der Waals surface area (Å²) in [6.45, 7) is 9.40. The Labute approximate surface area is 176 Å². The molecule has 1 aromatic carbocycles. The van der Waals surface area contributed by atoms with Crippen molar-refractivity contribution in [1.82, 2.24) is 0 Å². The molecule has 2 fully saturated rings. The maximum Gasteiger partial charge on any atom is 0.243 e. The van der Waals surface area contributed by atoms with Gasteiger partial charge in [0.2, 0.25) is 17.1 Å². The second-order valence-electron chi connectivity index (χ2n) is 7.71. The van der Waals surface area contributed by atoms with Crippen molar-refractivity contribution in [3.05, 3.63) is 40.6 Å². The smallest absolute Gasteiger partial charge is 0.243 e. The first kappa shape index (κ1) is 20.8. The molecular weight excluding hydrogens is 384 g/mol. The lowest BCUT2D eigenvalue weighted by Crippen LogP contribution is -2.37. The number of aliphatic hydroxyl groups excluding tert-OH is 1. The lowest BCUT2D eigenvalue weighted by Gasteiger charge is -2.30. The molecule has 0 spiro atoms. The van der Waals surface area contributed by atoms with Crippen LogP contribution in [-0.4, -0.2) is 57.2 Å². The van der Waals surface area contributed by atoms with Crippen LogP contribution in [0, 0.1) is 0 Å². The monoisotopic (exact) mass is 414 g/mol. The van der Waals surface area contributed by atoms with Crippen molar-refractivity contribution < 1.29 is 19.0 Å². The number of morpholine rings is 1. The van der Waals surface area contributed by atoms with E-state index in [0.29, 0.717) is 56.2 Å². The van der Waals surface area contributed by atoms with Gasteiger partial charge in [-0.25, -0.2) is 0 Å². The molecule has 0 bridgehead atoms. The highest BCUT2D eigenvalue weighted by molar-refractivity contribution is 5.95. The number of ether oxygens (including phenoxy) is 2. The molecule has 7 nitrogen and oxygen atoms in total. The molecule has 1 aromatic heterocycles. The molecular formula is C23H30N2O5. The lowest BCUT2D eigenvalue weighted by molar-refractivity contribution is 0.120. The zero-order valence-electron chi connectivity index (χ0n) is 17.6. The fourth-order valence-electron chi connectivity index (χ4n) is 4.45. The predicted molar refractivity (Wildman–Crippen MR) is 118 cm³/mol. The van der Waals surface area contributed by atoms with E-state index in [9.17, 15) is 9.90 Å². The number of allylic oxidation sites excluding steroid dienone is 1. The highest BCUT2D eigenvalue weighted by atomic mass is 16.5. The van der Waals surface area contributed by atoms with Gasteiger partial charge < -0.3 is 28.8 Å². The van der Waals surface area contributed by atoms with Crippen molar-refractivity contribution in [2.45, 2.75) is 32.2 Å². The molecule has 0 amide bonds. The maximum atomic E-state index is 13.8. The van der Waals surface area contributed by atoms with Crippen LogP contribution in [-0.2, 0) is 11.2 Å². The minimum atomic E-state index is -0.163. The van der Waals surface area contributed by atoms with Crippen LogP contribution in [0.25, 0.3) is 11.0 Å². The van der Waals surface area contributed by atoms with E-state index in [1.54, 1.807) is 0 Å². The van der Waals surface area contributed by atoms with E-state index in [-0.39, 0.29) is 23.8 Å². The first-order valence-corrected chi connectivity index (χ1v) is 10.8. The third kappa shape index (κ3) is 3.68. The van der Waals surface area contributed by atoms with E-state index in [0.717, 1.165) is 30.6 Å². The number of fused-ring (bicyclic) bond motifs is 1. The van der Waals surface area contributed by atoms with E-state index < -0.39 is 0 Å². The van der Waals surface area contributed by atoms with Crippen LogP contribution in [0.3, 0.4) is 0 Å². The van der Waals surface area contributed by atoms with E-state index >= 15 is 0 Å². The zero-order valence-corrected chi connectivity index (χ0v) is 17.6. The van der Waals surface area contributed by atoms with Gasteiger partial charge in [0.05, 0.1) is 43.5 Å². The van der Waals surface area contributed by atoms with Gasteiger partial charge in [-0.05, 0) is 37.8 Å². The summed E-state index contributed by atoms with van der Waals surface area (Å²) in [6.07, 6.45) is 4.30. The Bertz CT molecular complexity index is 964. The quantitative estimate of drug-likeness (QED) is 0.698. The molecule has 0 saturated carbocycles. The van der Waals surface area contributed by atoms with Crippen molar-refractivity contribution in [2.75, 3.05) is 55.9 Å². The van der Waals surface area contributed by atoms with Crippen LogP contribution >= 0.6 is 0 Å². The Hall–Kier alpha value is -2.51. The fraction of sp³-hybridized carbons (Fsp3) is 0.522. The van der Waals surface area contributed by atoms with Crippen molar-refractivity contribution in [2.24, 2.45) is 0 Å². The molecule has 3 heterocycles. The first-order valence-electron chi connectivity index (χ1n) is 10.8. The summed E-state index contributed by atoms with van der Waals surface area (Å²) >= 11 is 0. The van der Waals surface area contributed by atoms with Crippen molar-refractivity contribution in [1.29, 1.82) is 0 Å². The van der Waals surface area contributed by atoms with Crippen LogP contribution in [0.2, 0.25) is 0 Å². The molecule has 0 aliphatic carbocycles. The van der Waals surface area contributed by atoms with Crippen LogP contribution < -0.4 is 20.0 Å². The molecule has 4 rings (SSSR count). The summed E-state index contributed by atoms with van der Waals surface area (Å²) in [5, 5.41) is 10.4. The molecule has 2 aliphatic rings. The van der Waals surface area contributed by atoms with Crippen molar-refractivity contribution in [3.8, 4) is 5.75 Å². The maximum absolute atomic E-state index is 13.8. The average molecular weight is 415 g/mol. The molecule has 1 atom stereocenters. The topological polar surface area (TPSA) is 75.4 Å². The summed E-state index contributed by atoms with van der Waals surface area (Å²) in [4.78, 5) is 17.9. The summed E-state index contributed by atoms with van der Waals surface area (Å²) in [5.41, 5.74) is 2.13. The van der Waals surface area contributed by atoms with Gasteiger partial charge in [0.1, 0.15) is 5.58 Å². The average Bonchev–Trinajstić information content (AvgIpc) is 3.25. The molecule has 2 saturated heterocycles.